The van der Waals surface area contributed by atoms with Crippen LogP contribution < -0.4 is 4.90 Å². The minimum absolute atomic E-state index is 0.00742. The van der Waals surface area contributed by atoms with Gasteiger partial charge in [0.05, 0.1) is 10.9 Å². The van der Waals surface area contributed by atoms with Gasteiger partial charge in [-0.25, -0.2) is 0 Å². The lowest BCUT2D eigenvalue weighted by atomic mass is 10.0. The summed E-state index contributed by atoms with van der Waals surface area (Å²) >= 11 is 2.24. The summed E-state index contributed by atoms with van der Waals surface area (Å²) in [6, 6.07) is 33.7. The highest BCUT2D eigenvalue weighted by molar-refractivity contribution is 14.1. The number of rotatable bonds is 5. The van der Waals surface area contributed by atoms with Crippen molar-refractivity contribution in [3.05, 3.63) is 136 Å². The highest BCUT2D eigenvalue weighted by Crippen LogP contribution is 2.37. The summed E-state index contributed by atoms with van der Waals surface area (Å²) in [5.41, 5.74) is 3.55. The molecular formula is C29H23IN2O3S. The van der Waals surface area contributed by atoms with Crippen molar-refractivity contribution >= 4 is 50.1 Å². The van der Waals surface area contributed by atoms with Crippen LogP contribution in [0.5, 0.6) is 0 Å². The smallest absolute Gasteiger partial charge is 0.314 e. The monoisotopic (exact) mass is 606 g/mol. The first kappa shape index (κ1) is 24.3. The van der Waals surface area contributed by atoms with Gasteiger partial charge in [0, 0.05) is 14.8 Å². The van der Waals surface area contributed by atoms with Gasteiger partial charge in [-0.2, -0.15) is 8.42 Å². The molecule has 7 heteroatoms. The van der Waals surface area contributed by atoms with E-state index in [1.54, 1.807) is 24.3 Å². The average Bonchev–Trinajstić information content (AvgIpc) is 2.90. The number of amidine groups is 1. The zero-order valence-electron chi connectivity index (χ0n) is 19.5. The molecule has 0 N–H and O–H groups in total. The molecule has 0 aromatic heterocycles. The molecule has 180 valence electrons. The molecule has 5 rings (SSSR count). The Labute approximate surface area is 225 Å². The molecule has 0 fully saturated rings. The number of halogens is 1. The summed E-state index contributed by atoms with van der Waals surface area (Å²) in [6.45, 7) is 1.91. The van der Waals surface area contributed by atoms with Gasteiger partial charge in [-0.3, -0.25) is 4.90 Å². The first-order valence-electron chi connectivity index (χ1n) is 11.4. The van der Waals surface area contributed by atoms with Crippen molar-refractivity contribution < 1.29 is 13.2 Å². The van der Waals surface area contributed by atoms with E-state index >= 15 is 0 Å². The number of anilines is 1. The number of hydrogen-bond donors (Lipinski definition) is 0. The van der Waals surface area contributed by atoms with Crippen LogP contribution in [0, 0.1) is 10.5 Å². The van der Waals surface area contributed by atoms with E-state index in [4.69, 9.17) is 4.74 Å². The zero-order chi connectivity index (χ0) is 25.1. The second-order valence-corrected chi connectivity index (χ2v) is 11.2. The maximum atomic E-state index is 13.4. The van der Waals surface area contributed by atoms with Crippen LogP contribution in [0.3, 0.4) is 0 Å². The predicted molar refractivity (Wildman–Crippen MR) is 152 cm³/mol. The van der Waals surface area contributed by atoms with Crippen LogP contribution in [0.15, 0.2) is 125 Å². The Bertz CT molecular complexity index is 1520. The van der Waals surface area contributed by atoms with Crippen LogP contribution in [0.25, 0.3) is 5.76 Å². The molecule has 0 bridgehead atoms. The van der Waals surface area contributed by atoms with Crippen molar-refractivity contribution in [1.82, 2.24) is 0 Å². The molecular weight excluding hydrogens is 583 g/mol. The third kappa shape index (κ3) is 5.22. The molecule has 0 aliphatic carbocycles. The number of ether oxygens (including phenoxy) is 1. The third-order valence-corrected chi connectivity index (χ3v) is 7.80. The standard InChI is InChI=1S/C29H23IN2O3S/c1-21-12-18-26(19-13-21)36(33,34)31-29-32(25-16-14-24(30)15-17-25)27(22-8-4-2-5-9-22)20-28(35-29)23-10-6-3-7-11-23/h2-20,27H,1H3/b31-29+. The van der Waals surface area contributed by atoms with Gasteiger partial charge in [0.25, 0.3) is 10.0 Å². The normalized spacial score (nSPS) is 16.9. The van der Waals surface area contributed by atoms with Gasteiger partial charge >= 0.3 is 6.02 Å². The molecule has 0 radical (unpaired) electrons. The molecule has 1 unspecified atom stereocenters. The van der Waals surface area contributed by atoms with Crippen molar-refractivity contribution in [2.75, 3.05) is 4.90 Å². The fraction of sp³-hybridized carbons (Fsp3) is 0.0690. The van der Waals surface area contributed by atoms with E-state index in [1.165, 1.54) is 0 Å². The van der Waals surface area contributed by atoms with Gasteiger partial charge in [0.15, 0.2) is 0 Å². The first-order valence-corrected chi connectivity index (χ1v) is 13.9. The molecule has 0 amide bonds. The number of sulfonamides is 1. The molecule has 4 aromatic rings. The molecule has 0 saturated heterocycles. The summed E-state index contributed by atoms with van der Waals surface area (Å²) in [7, 11) is -4.04. The number of nitrogens with zero attached hydrogens (tertiary/aromatic N) is 2. The molecule has 1 aliphatic heterocycles. The Hall–Kier alpha value is -3.43. The second kappa shape index (κ2) is 10.3. The summed E-state index contributed by atoms with van der Waals surface area (Å²) in [5.74, 6) is 0.545. The Morgan fingerprint density at radius 1 is 0.806 bits per heavy atom. The molecule has 0 saturated carbocycles. The Kier molecular flexibility index (Phi) is 6.93. The van der Waals surface area contributed by atoms with E-state index in [2.05, 4.69) is 27.0 Å². The van der Waals surface area contributed by atoms with Crippen LogP contribution in [0.1, 0.15) is 22.7 Å². The summed E-state index contributed by atoms with van der Waals surface area (Å²) in [6.07, 6.45) is 2.00. The van der Waals surface area contributed by atoms with Crippen LogP contribution >= 0.6 is 22.6 Å². The van der Waals surface area contributed by atoms with E-state index in [0.717, 1.165) is 25.9 Å². The maximum absolute atomic E-state index is 13.4. The number of benzene rings is 4. The van der Waals surface area contributed by atoms with Gasteiger partial charge in [-0.1, -0.05) is 78.4 Å². The van der Waals surface area contributed by atoms with Crippen LogP contribution in [0.4, 0.5) is 5.69 Å². The fourth-order valence-corrected chi connectivity index (χ4v) is 5.25. The zero-order valence-corrected chi connectivity index (χ0v) is 22.4. The maximum Gasteiger partial charge on any atom is 0.314 e. The van der Waals surface area contributed by atoms with Crippen LogP contribution in [-0.2, 0) is 14.8 Å². The molecule has 1 aliphatic rings. The highest BCUT2D eigenvalue weighted by Gasteiger charge is 2.33. The molecule has 1 atom stereocenters. The summed E-state index contributed by atoms with van der Waals surface area (Å²) in [5, 5.41) is 0. The molecule has 4 aromatic carbocycles. The minimum Gasteiger partial charge on any atom is -0.425 e. The molecule has 36 heavy (non-hydrogen) atoms. The van der Waals surface area contributed by atoms with Gasteiger partial charge in [-0.05, 0) is 77.6 Å². The minimum atomic E-state index is -4.04. The fourth-order valence-electron chi connectivity index (χ4n) is 3.97. The average molecular weight is 606 g/mol. The Morgan fingerprint density at radius 2 is 1.42 bits per heavy atom. The van der Waals surface area contributed by atoms with E-state index in [1.807, 2.05) is 103 Å². The topological polar surface area (TPSA) is 59.0 Å². The summed E-state index contributed by atoms with van der Waals surface area (Å²) < 4.78 is 38.4. The lowest BCUT2D eigenvalue weighted by molar-refractivity contribution is 0.465. The van der Waals surface area contributed by atoms with E-state index < -0.39 is 10.0 Å². The van der Waals surface area contributed by atoms with Gasteiger partial charge in [-0.15, -0.1) is 4.40 Å². The largest absolute Gasteiger partial charge is 0.425 e. The molecule has 1 heterocycles. The Balaban J connectivity index is 1.72. The van der Waals surface area contributed by atoms with Crippen LogP contribution in [0.2, 0.25) is 0 Å². The first-order chi connectivity index (χ1) is 17.4. The second-order valence-electron chi connectivity index (χ2n) is 8.36. The lowest BCUT2D eigenvalue weighted by Crippen LogP contribution is -2.39. The number of aryl methyl sites for hydroxylation is 1. The predicted octanol–water partition coefficient (Wildman–Crippen LogP) is 6.96. The van der Waals surface area contributed by atoms with Gasteiger partial charge in [0.1, 0.15) is 5.76 Å². The molecule has 0 spiro atoms. The van der Waals surface area contributed by atoms with Gasteiger partial charge in [0.2, 0.25) is 0 Å². The number of hydrogen-bond acceptors (Lipinski definition) is 3. The lowest BCUT2D eigenvalue weighted by Gasteiger charge is -2.36. The van der Waals surface area contributed by atoms with Crippen molar-refractivity contribution in [2.45, 2.75) is 17.9 Å². The highest BCUT2D eigenvalue weighted by atomic mass is 127. The summed E-state index contributed by atoms with van der Waals surface area (Å²) in [4.78, 5) is 1.93. The quantitative estimate of drug-likeness (QED) is 0.231. The van der Waals surface area contributed by atoms with E-state index in [-0.39, 0.29) is 17.0 Å². The van der Waals surface area contributed by atoms with Crippen molar-refractivity contribution in [3.63, 3.8) is 0 Å². The SMILES string of the molecule is Cc1ccc(S(=O)(=O)/N=C2/OC(c3ccccc3)=CC(c3ccccc3)N2c2ccc(I)cc2)cc1. The van der Waals surface area contributed by atoms with E-state index in [9.17, 15) is 8.42 Å². The van der Waals surface area contributed by atoms with Crippen molar-refractivity contribution in [1.29, 1.82) is 0 Å². The van der Waals surface area contributed by atoms with Crippen molar-refractivity contribution in [2.24, 2.45) is 4.40 Å². The van der Waals surface area contributed by atoms with Crippen molar-refractivity contribution in [3.8, 4) is 0 Å². The van der Waals surface area contributed by atoms with E-state index in [0.29, 0.717) is 5.76 Å². The van der Waals surface area contributed by atoms with Gasteiger partial charge < -0.3 is 4.74 Å². The molecule has 5 nitrogen and oxygen atoms in total. The van der Waals surface area contributed by atoms with Crippen LogP contribution in [-0.4, -0.2) is 14.4 Å². The third-order valence-electron chi connectivity index (χ3n) is 5.82. The Morgan fingerprint density at radius 3 is 2.06 bits per heavy atom.